The number of hydrogen-bond donors (Lipinski definition) is 4. The predicted molar refractivity (Wildman–Crippen MR) is 45.9 cm³/mol. The second kappa shape index (κ2) is 11.4. The number of aliphatic carboxylic acids is 3. The van der Waals surface area contributed by atoms with Crippen LogP contribution in [0.2, 0.25) is 0 Å². The molecule has 7 nitrogen and oxygen atoms in total. The molecule has 0 saturated heterocycles. The van der Waals surface area contributed by atoms with Crippen molar-refractivity contribution in [2.75, 3.05) is 0 Å². The Labute approximate surface area is 80.6 Å². The van der Waals surface area contributed by atoms with Gasteiger partial charge in [-0.05, 0) is 6.92 Å². The number of aliphatic hydroxyl groups excluding tert-OH is 1. The lowest BCUT2D eigenvalue weighted by Gasteiger charge is -1.89. The summed E-state index contributed by atoms with van der Waals surface area (Å²) < 4.78 is 0. The fourth-order valence-corrected chi connectivity index (χ4v) is 0. The minimum absolute atomic E-state index is 0.833. The van der Waals surface area contributed by atoms with Crippen LogP contribution >= 0.6 is 0 Å². The van der Waals surface area contributed by atoms with Gasteiger partial charge in [0.15, 0.2) is 0 Å². The summed E-state index contributed by atoms with van der Waals surface area (Å²) >= 11 is 0. The van der Waals surface area contributed by atoms with Crippen LogP contribution in [0.3, 0.4) is 0 Å². The highest BCUT2D eigenvalue weighted by Crippen LogP contribution is 1.73. The molecular formula is C7H14O7. The average Bonchev–Trinajstić information content (AvgIpc) is 1.83. The maximum atomic E-state index is 9.45. The van der Waals surface area contributed by atoms with Crippen LogP contribution in [0.15, 0.2) is 0 Å². The molecule has 0 aromatic heterocycles. The number of carboxylic acids is 3. The lowest BCUT2D eigenvalue weighted by molar-refractivity contribution is -0.145. The van der Waals surface area contributed by atoms with Crippen molar-refractivity contribution in [3.8, 4) is 0 Å². The van der Waals surface area contributed by atoms with Crippen molar-refractivity contribution in [3.63, 3.8) is 0 Å². The molecule has 0 aromatic carbocycles. The minimum Gasteiger partial charge on any atom is -0.481 e. The summed E-state index contributed by atoms with van der Waals surface area (Å²) in [6.07, 6.45) is -1.23. The Morgan fingerprint density at radius 1 is 0.929 bits per heavy atom. The average molecular weight is 210 g/mol. The van der Waals surface area contributed by atoms with Crippen molar-refractivity contribution < 1.29 is 34.8 Å². The highest BCUT2D eigenvalue weighted by molar-refractivity contribution is 5.71. The Bertz CT molecular complexity index is 164. The van der Waals surface area contributed by atoms with Crippen molar-refractivity contribution in [2.24, 2.45) is 0 Å². The van der Waals surface area contributed by atoms with Crippen molar-refractivity contribution >= 4 is 17.9 Å². The van der Waals surface area contributed by atoms with Gasteiger partial charge in [0.2, 0.25) is 0 Å². The van der Waals surface area contributed by atoms with Gasteiger partial charge in [-0.2, -0.15) is 0 Å². The molecule has 0 radical (unpaired) electrons. The predicted octanol–water partition coefficient (Wildman–Crippen LogP) is -0.366. The van der Waals surface area contributed by atoms with E-state index in [9.17, 15) is 4.79 Å². The molecular weight excluding hydrogens is 196 g/mol. The van der Waals surface area contributed by atoms with E-state index < -0.39 is 24.0 Å². The summed E-state index contributed by atoms with van der Waals surface area (Å²) in [6.45, 7) is 3.36. The lowest BCUT2D eigenvalue weighted by Crippen LogP contribution is -2.13. The molecule has 0 fully saturated rings. The van der Waals surface area contributed by atoms with Gasteiger partial charge in [-0.3, -0.25) is 9.59 Å². The molecule has 0 rings (SSSR count). The molecule has 0 aliphatic carbocycles. The molecule has 14 heavy (non-hydrogen) atoms. The van der Waals surface area contributed by atoms with E-state index in [1.807, 2.05) is 0 Å². The van der Waals surface area contributed by atoms with E-state index in [-0.39, 0.29) is 0 Å². The summed E-state index contributed by atoms with van der Waals surface area (Å²) in [7, 11) is 0. The van der Waals surface area contributed by atoms with Crippen molar-refractivity contribution in [1.29, 1.82) is 0 Å². The summed E-state index contributed by atoms with van der Waals surface area (Å²) in [5.74, 6) is -2.85. The third-order valence-electron chi connectivity index (χ3n) is 0.357. The standard InChI is InChI=1S/C3H6O3.2C2H4O2/c1-2(4)3(5)6;2*1-2(3)4/h2,4H,1H3,(H,5,6);2*1H3,(H,3,4). The van der Waals surface area contributed by atoms with Gasteiger partial charge in [0.25, 0.3) is 11.9 Å². The first-order chi connectivity index (χ1) is 6.11. The van der Waals surface area contributed by atoms with Crippen LogP contribution < -0.4 is 0 Å². The zero-order valence-electron chi connectivity index (χ0n) is 8.09. The molecule has 0 saturated carbocycles. The van der Waals surface area contributed by atoms with Gasteiger partial charge in [0.1, 0.15) is 6.10 Å². The topological polar surface area (TPSA) is 132 Å². The number of aliphatic hydroxyl groups is 1. The van der Waals surface area contributed by atoms with Crippen LogP contribution in [0.5, 0.6) is 0 Å². The summed E-state index contributed by atoms with van der Waals surface area (Å²) in [5, 5.41) is 30.6. The van der Waals surface area contributed by atoms with Crippen LogP contribution in [0.25, 0.3) is 0 Å². The molecule has 4 N–H and O–H groups in total. The van der Waals surface area contributed by atoms with Crippen LogP contribution in [-0.4, -0.2) is 44.4 Å². The van der Waals surface area contributed by atoms with Gasteiger partial charge in [0, 0.05) is 13.8 Å². The zero-order chi connectivity index (χ0) is 12.3. The molecule has 7 heteroatoms. The highest BCUT2D eigenvalue weighted by atomic mass is 16.4. The third-order valence-corrected chi connectivity index (χ3v) is 0.357. The Balaban J connectivity index is -0.000000135. The minimum atomic E-state index is -1.23. The Kier molecular flexibility index (Phi) is 14.8. The van der Waals surface area contributed by atoms with Gasteiger partial charge < -0.3 is 20.4 Å². The van der Waals surface area contributed by atoms with Gasteiger partial charge >= 0.3 is 5.97 Å². The zero-order valence-corrected chi connectivity index (χ0v) is 8.09. The van der Waals surface area contributed by atoms with Crippen LogP contribution in [0.1, 0.15) is 20.8 Å². The van der Waals surface area contributed by atoms with Crippen molar-refractivity contribution in [1.82, 2.24) is 0 Å². The molecule has 0 aliphatic heterocycles. The second-order valence-electron chi connectivity index (χ2n) is 2.05. The fraction of sp³-hybridized carbons (Fsp3) is 0.571. The summed E-state index contributed by atoms with van der Waals surface area (Å²) in [6, 6.07) is 0. The van der Waals surface area contributed by atoms with E-state index in [2.05, 4.69) is 0 Å². The van der Waals surface area contributed by atoms with Crippen LogP contribution in [0, 0.1) is 0 Å². The largest absolute Gasteiger partial charge is 0.481 e. The van der Waals surface area contributed by atoms with E-state index >= 15 is 0 Å². The molecule has 1 unspecified atom stereocenters. The number of hydrogen-bond acceptors (Lipinski definition) is 4. The number of carboxylic acid groups (broad SMARTS) is 3. The molecule has 84 valence electrons. The Morgan fingerprint density at radius 2 is 1.00 bits per heavy atom. The van der Waals surface area contributed by atoms with Crippen molar-refractivity contribution in [3.05, 3.63) is 0 Å². The van der Waals surface area contributed by atoms with Crippen molar-refractivity contribution in [2.45, 2.75) is 26.9 Å². The van der Waals surface area contributed by atoms with Gasteiger partial charge in [0.05, 0.1) is 0 Å². The normalized spacial score (nSPS) is 9.43. The third kappa shape index (κ3) is 162. The molecule has 0 aromatic rings. The van der Waals surface area contributed by atoms with E-state index in [0.29, 0.717) is 0 Å². The van der Waals surface area contributed by atoms with Gasteiger partial charge in [-0.1, -0.05) is 0 Å². The maximum Gasteiger partial charge on any atom is 0.332 e. The van der Waals surface area contributed by atoms with Gasteiger partial charge in [-0.15, -0.1) is 0 Å². The monoisotopic (exact) mass is 210 g/mol. The van der Waals surface area contributed by atoms with Crippen LogP contribution in [0.4, 0.5) is 0 Å². The highest BCUT2D eigenvalue weighted by Gasteiger charge is 2.01. The number of carbonyl (C=O) groups is 3. The Hall–Kier alpha value is -1.63. The smallest absolute Gasteiger partial charge is 0.332 e. The quantitative estimate of drug-likeness (QED) is 0.464. The summed E-state index contributed by atoms with van der Waals surface area (Å²) in [4.78, 5) is 27.4. The molecule has 0 heterocycles. The first-order valence-electron chi connectivity index (χ1n) is 3.41. The van der Waals surface area contributed by atoms with Gasteiger partial charge in [-0.25, -0.2) is 4.79 Å². The first kappa shape index (κ1) is 18.2. The maximum absolute atomic E-state index is 9.45. The Morgan fingerprint density at radius 3 is 1.00 bits per heavy atom. The molecule has 0 bridgehead atoms. The molecule has 1 atom stereocenters. The lowest BCUT2D eigenvalue weighted by atomic mass is 10.4. The molecule has 0 amide bonds. The van der Waals surface area contributed by atoms with E-state index in [4.69, 9.17) is 30.0 Å². The second-order valence-corrected chi connectivity index (χ2v) is 2.05. The SMILES string of the molecule is CC(=O)O.CC(=O)O.CC(O)C(=O)O. The molecule has 0 spiro atoms. The molecule has 0 aliphatic rings. The van der Waals surface area contributed by atoms with E-state index in [0.717, 1.165) is 13.8 Å². The fourth-order valence-electron chi connectivity index (χ4n) is 0. The van der Waals surface area contributed by atoms with Crippen LogP contribution in [-0.2, 0) is 14.4 Å². The first-order valence-corrected chi connectivity index (χ1v) is 3.41. The van der Waals surface area contributed by atoms with E-state index in [1.54, 1.807) is 0 Å². The van der Waals surface area contributed by atoms with E-state index in [1.165, 1.54) is 6.92 Å². The number of rotatable bonds is 1. The summed E-state index contributed by atoms with van der Waals surface area (Å²) in [5.41, 5.74) is 0.